The van der Waals surface area contributed by atoms with Gasteiger partial charge in [-0.1, -0.05) is 55.0 Å². The second-order valence-corrected chi connectivity index (χ2v) is 9.56. The monoisotopic (exact) mass is 512 g/mol. The third kappa shape index (κ3) is 7.22. The molecule has 3 aromatic carbocycles. The van der Waals surface area contributed by atoms with Crippen molar-refractivity contribution >= 4 is 28.5 Å². The fourth-order valence-corrected chi connectivity index (χ4v) is 4.55. The molecule has 4 rings (SSSR count). The molecule has 198 valence electrons. The minimum Gasteiger partial charge on any atom is -0.484 e. The van der Waals surface area contributed by atoms with E-state index < -0.39 is 0 Å². The van der Waals surface area contributed by atoms with Gasteiger partial charge in [0.1, 0.15) is 18.1 Å². The smallest absolute Gasteiger partial charge is 0.257 e. The van der Waals surface area contributed by atoms with Gasteiger partial charge in [0.2, 0.25) is 5.91 Å². The number of carbonyl (C=O) groups excluding carboxylic acids is 2. The number of unbranched alkanes of at least 4 members (excludes halogenated alkanes) is 2. The van der Waals surface area contributed by atoms with Crippen LogP contribution in [-0.2, 0) is 22.6 Å². The molecular weight excluding hydrogens is 476 g/mol. The highest BCUT2D eigenvalue weighted by atomic mass is 16.5. The Morgan fingerprint density at radius 1 is 0.895 bits per heavy atom. The van der Waals surface area contributed by atoms with E-state index in [-0.39, 0.29) is 31.0 Å². The van der Waals surface area contributed by atoms with E-state index in [1.807, 2.05) is 104 Å². The zero-order chi connectivity index (χ0) is 26.7. The maximum atomic E-state index is 13.5. The zero-order valence-corrected chi connectivity index (χ0v) is 22.2. The number of ether oxygens (including phenoxy) is 1. The van der Waals surface area contributed by atoms with E-state index in [0.29, 0.717) is 12.3 Å². The predicted octanol–water partition coefficient (Wildman–Crippen LogP) is 5.39. The number of hydrogen-bond donors (Lipinski definition) is 1. The number of carbonyl (C=O) groups is 2. The first-order chi connectivity index (χ1) is 18.5. The van der Waals surface area contributed by atoms with Crippen LogP contribution in [-0.4, -0.2) is 40.6 Å². The summed E-state index contributed by atoms with van der Waals surface area (Å²) in [7, 11) is 0. The topological polar surface area (TPSA) is 76.5 Å². The van der Waals surface area contributed by atoms with Crippen LogP contribution in [0.15, 0.2) is 84.9 Å². The number of hydrogen-bond acceptors (Lipinski definition) is 4. The molecule has 0 saturated carbocycles. The molecule has 7 heteroatoms. The number of amides is 2. The van der Waals surface area contributed by atoms with E-state index in [2.05, 4.69) is 9.88 Å². The van der Waals surface area contributed by atoms with Crippen LogP contribution < -0.4 is 15.0 Å². The van der Waals surface area contributed by atoms with Crippen molar-refractivity contribution in [3.63, 3.8) is 0 Å². The van der Waals surface area contributed by atoms with Crippen LogP contribution in [0.4, 0.5) is 5.69 Å². The van der Waals surface area contributed by atoms with Gasteiger partial charge in [0.05, 0.1) is 11.0 Å². The maximum Gasteiger partial charge on any atom is 0.257 e. The molecule has 0 unspecified atom stereocenters. The van der Waals surface area contributed by atoms with Crippen molar-refractivity contribution in [1.82, 2.24) is 14.9 Å². The van der Waals surface area contributed by atoms with Gasteiger partial charge in [-0.15, -0.1) is 0 Å². The lowest BCUT2D eigenvalue weighted by Crippen LogP contribution is -2.39. The summed E-state index contributed by atoms with van der Waals surface area (Å²) in [6.07, 6.45) is 3.49. The number of aromatic nitrogens is 2. The van der Waals surface area contributed by atoms with Crippen LogP contribution in [0.3, 0.4) is 0 Å². The number of nitrogens with one attached hydrogen (secondary N) is 1. The van der Waals surface area contributed by atoms with Crippen molar-refractivity contribution < 1.29 is 14.3 Å². The number of fused-ring (bicyclic) bond motifs is 1. The number of imidazole rings is 1. The van der Waals surface area contributed by atoms with E-state index >= 15 is 0 Å². The normalized spacial score (nSPS) is 11.0. The van der Waals surface area contributed by atoms with Crippen molar-refractivity contribution in [2.24, 2.45) is 0 Å². The highest BCUT2D eigenvalue weighted by Crippen LogP contribution is 2.21. The van der Waals surface area contributed by atoms with Crippen LogP contribution in [0.5, 0.6) is 5.75 Å². The summed E-state index contributed by atoms with van der Waals surface area (Å²) in [6, 6.07) is 27.1. The third-order valence-electron chi connectivity index (χ3n) is 6.36. The summed E-state index contributed by atoms with van der Waals surface area (Å²) in [5, 5.41) is 2.91. The van der Waals surface area contributed by atoms with Gasteiger partial charge >= 0.3 is 0 Å². The molecule has 7 nitrogen and oxygen atoms in total. The molecule has 1 aromatic heterocycles. The fourth-order valence-electron chi connectivity index (χ4n) is 4.55. The predicted molar refractivity (Wildman–Crippen MR) is 151 cm³/mol. The molecule has 4 aromatic rings. The highest BCUT2D eigenvalue weighted by Gasteiger charge is 2.21. The number of anilines is 1. The maximum absolute atomic E-state index is 13.5. The zero-order valence-electron chi connectivity index (χ0n) is 22.2. The van der Waals surface area contributed by atoms with Crippen LogP contribution in [0.2, 0.25) is 0 Å². The molecule has 0 bridgehead atoms. The van der Waals surface area contributed by atoms with Gasteiger partial charge in [0, 0.05) is 24.7 Å². The van der Waals surface area contributed by atoms with Crippen LogP contribution in [0.1, 0.15) is 38.9 Å². The number of aryl methyl sites for hydroxylation is 1. The summed E-state index contributed by atoms with van der Waals surface area (Å²) < 4.78 is 7.54. The van der Waals surface area contributed by atoms with Gasteiger partial charge in [0.25, 0.3) is 5.91 Å². The van der Waals surface area contributed by atoms with E-state index in [1.54, 1.807) is 0 Å². The van der Waals surface area contributed by atoms with Crippen molar-refractivity contribution in [1.29, 1.82) is 0 Å². The Hall–Kier alpha value is -4.13. The lowest BCUT2D eigenvalue weighted by Gasteiger charge is -2.27. The molecule has 0 aliphatic rings. The molecule has 1 heterocycles. The van der Waals surface area contributed by atoms with Crippen LogP contribution >= 0.6 is 0 Å². The second kappa shape index (κ2) is 13.4. The van der Waals surface area contributed by atoms with E-state index in [0.717, 1.165) is 48.2 Å². The first-order valence-electron chi connectivity index (χ1n) is 13.3. The average Bonchev–Trinajstić information content (AvgIpc) is 3.27. The highest BCUT2D eigenvalue weighted by molar-refractivity contribution is 5.94. The number of benzene rings is 3. The summed E-state index contributed by atoms with van der Waals surface area (Å²) in [5.41, 5.74) is 2.77. The molecule has 38 heavy (non-hydrogen) atoms. The van der Waals surface area contributed by atoms with Gasteiger partial charge in [0.15, 0.2) is 6.61 Å². The number of para-hydroxylation sites is 4. The first-order valence-corrected chi connectivity index (χ1v) is 13.3. The summed E-state index contributed by atoms with van der Waals surface area (Å²) >= 11 is 0. The van der Waals surface area contributed by atoms with Crippen molar-refractivity contribution in [3.05, 3.63) is 90.8 Å². The lowest BCUT2D eigenvalue weighted by atomic mass is 10.2. The molecular formula is C31H36N4O3. The molecule has 0 aliphatic carbocycles. The van der Waals surface area contributed by atoms with Gasteiger partial charge < -0.3 is 19.5 Å². The Labute approximate surface area is 224 Å². The molecule has 0 spiro atoms. The molecule has 0 fully saturated rings. The quantitative estimate of drug-likeness (QED) is 0.244. The van der Waals surface area contributed by atoms with Crippen molar-refractivity contribution in [2.45, 2.75) is 52.1 Å². The largest absolute Gasteiger partial charge is 0.484 e. The molecule has 0 aliphatic heterocycles. The average molecular weight is 513 g/mol. The molecule has 0 saturated heterocycles. The van der Waals surface area contributed by atoms with Gasteiger partial charge in [-0.05, 0) is 63.1 Å². The van der Waals surface area contributed by atoms with E-state index in [9.17, 15) is 9.59 Å². The molecule has 0 atom stereocenters. The SMILES string of the molecule is CC(C)N(C(=O)Cn1c(CCCCCNC(=O)COc2ccccc2)nc2ccccc21)c1ccccc1. The Kier molecular flexibility index (Phi) is 9.51. The molecule has 0 radical (unpaired) electrons. The van der Waals surface area contributed by atoms with Crippen LogP contribution in [0, 0.1) is 0 Å². The van der Waals surface area contributed by atoms with E-state index in [1.165, 1.54) is 0 Å². The van der Waals surface area contributed by atoms with Gasteiger partial charge in [-0.2, -0.15) is 0 Å². The van der Waals surface area contributed by atoms with Gasteiger partial charge in [-0.25, -0.2) is 4.98 Å². The third-order valence-corrected chi connectivity index (χ3v) is 6.36. The first kappa shape index (κ1) is 26.9. The van der Waals surface area contributed by atoms with Gasteiger partial charge in [-0.3, -0.25) is 9.59 Å². The Morgan fingerprint density at radius 2 is 1.58 bits per heavy atom. The summed E-state index contributed by atoms with van der Waals surface area (Å²) in [4.78, 5) is 32.2. The standard InChI is InChI=1S/C31H36N4O3/c1-24(2)35(25-14-6-3-7-15-25)31(37)22-34-28-19-12-11-18-27(28)33-29(34)20-10-5-13-21-32-30(36)23-38-26-16-8-4-9-17-26/h3-4,6-9,11-12,14-19,24H,5,10,13,20-23H2,1-2H3,(H,32,36). The molecule has 2 amide bonds. The Bertz CT molecular complexity index is 1320. The van der Waals surface area contributed by atoms with Crippen molar-refractivity contribution in [2.75, 3.05) is 18.1 Å². The second-order valence-electron chi connectivity index (χ2n) is 9.56. The summed E-state index contributed by atoms with van der Waals surface area (Å²) in [5.74, 6) is 1.51. The Balaban J connectivity index is 1.31. The Morgan fingerprint density at radius 3 is 2.32 bits per heavy atom. The van der Waals surface area contributed by atoms with E-state index in [4.69, 9.17) is 9.72 Å². The van der Waals surface area contributed by atoms with Crippen molar-refractivity contribution in [3.8, 4) is 5.75 Å². The fraction of sp³-hybridized carbons (Fsp3) is 0.323. The van der Waals surface area contributed by atoms with Crippen LogP contribution in [0.25, 0.3) is 11.0 Å². The number of rotatable bonds is 13. The minimum absolute atomic E-state index is 0.0123. The minimum atomic E-state index is -0.123. The number of nitrogens with zero attached hydrogens (tertiary/aromatic N) is 3. The molecule has 1 N–H and O–H groups in total. The lowest BCUT2D eigenvalue weighted by molar-refractivity contribution is -0.123. The summed E-state index contributed by atoms with van der Waals surface area (Å²) in [6.45, 7) is 4.92.